The molecule has 88 valence electrons. The second-order valence-corrected chi connectivity index (χ2v) is 6.00. The van der Waals surface area contributed by atoms with Crippen LogP contribution in [-0.4, -0.2) is 18.0 Å². The third kappa shape index (κ3) is 2.56. The van der Waals surface area contributed by atoms with Crippen LogP contribution in [0.5, 0.6) is 0 Å². The molecule has 0 radical (unpaired) electrons. The molecule has 0 atom stereocenters. The third-order valence-electron chi connectivity index (χ3n) is 3.54. The van der Waals surface area contributed by atoms with Crippen molar-refractivity contribution in [1.29, 1.82) is 0 Å². The van der Waals surface area contributed by atoms with Crippen molar-refractivity contribution in [1.82, 2.24) is 4.90 Å². The van der Waals surface area contributed by atoms with Crippen LogP contribution in [0.1, 0.15) is 26.3 Å². The van der Waals surface area contributed by atoms with Gasteiger partial charge in [0.1, 0.15) is 0 Å². The molecule has 1 aromatic rings. The van der Waals surface area contributed by atoms with Crippen molar-refractivity contribution >= 4 is 5.69 Å². The van der Waals surface area contributed by atoms with Gasteiger partial charge in [0.05, 0.1) is 0 Å². The summed E-state index contributed by atoms with van der Waals surface area (Å²) >= 11 is 0. The first-order valence-corrected chi connectivity index (χ1v) is 6.02. The number of anilines is 1. The summed E-state index contributed by atoms with van der Waals surface area (Å²) in [4.78, 5) is 2.49. The van der Waals surface area contributed by atoms with E-state index in [1.54, 1.807) is 0 Å². The van der Waals surface area contributed by atoms with E-state index < -0.39 is 0 Å². The molecule has 0 saturated carbocycles. The average Bonchev–Trinajstić information content (AvgIpc) is 2.08. The summed E-state index contributed by atoms with van der Waals surface area (Å²) in [5.74, 6) is 0.841. The van der Waals surface area contributed by atoms with Crippen molar-refractivity contribution in [2.24, 2.45) is 11.3 Å². The number of hydrogen-bond acceptors (Lipinski definition) is 2. The zero-order valence-corrected chi connectivity index (χ0v) is 10.5. The van der Waals surface area contributed by atoms with Gasteiger partial charge < -0.3 is 5.73 Å². The SMILES string of the molecule is CC(C)(C)C1CN(Cc2cccc(N)c2)C1. The highest BCUT2D eigenvalue weighted by molar-refractivity contribution is 5.40. The highest BCUT2D eigenvalue weighted by Gasteiger charge is 2.35. The van der Waals surface area contributed by atoms with Gasteiger partial charge in [-0.2, -0.15) is 0 Å². The Kier molecular flexibility index (Phi) is 2.94. The molecular formula is C14H22N2. The molecule has 16 heavy (non-hydrogen) atoms. The molecule has 0 aromatic heterocycles. The van der Waals surface area contributed by atoms with Crippen LogP contribution in [0.4, 0.5) is 5.69 Å². The first kappa shape index (κ1) is 11.5. The van der Waals surface area contributed by atoms with Crippen LogP contribution in [-0.2, 0) is 6.54 Å². The Labute approximate surface area is 98.4 Å². The van der Waals surface area contributed by atoms with E-state index in [2.05, 4.69) is 37.8 Å². The smallest absolute Gasteiger partial charge is 0.0317 e. The molecular weight excluding hydrogens is 196 g/mol. The van der Waals surface area contributed by atoms with Crippen molar-refractivity contribution < 1.29 is 0 Å². The number of rotatable bonds is 2. The van der Waals surface area contributed by atoms with E-state index in [-0.39, 0.29) is 0 Å². The fourth-order valence-corrected chi connectivity index (χ4v) is 2.20. The molecule has 2 heteroatoms. The molecule has 1 aromatic carbocycles. The molecule has 0 unspecified atom stereocenters. The van der Waals surface area contributed by atoms with Crippen molar-refractivity contribution in [2.45, 2.75) is 27.3 Å². The molecule has 1 saturated heterocycles. The van der Waals surface area contributed by atoms with Crippen molar-refractivity contribution in [3.8, 4) is 0 Å². The minimum Gasteiger partial charge on any atom is -0.399 e. The van der Waals surface area contributed by atoms with Gasteiger partial charge in [-0.1, -0.05) is 32.9 Å². The van der Waals surface area contributed by atoms with Gasteiger partial charge in [-0.15, -0.1) is 0 Å². The average molecular weight is 218 g/mol. The number of benzene rings is 1. The van der Waals surface area contributed by atoms with Gasteiger partial charge in [-0.05, 0) is 29.0 Å². The summed E-state index contributed by atoms with van der Waals surface area (Å²) in [5.41, 5.74) is 8.41. The van der Waals surface area contributed by atoms with E-state index in [1.165, 1.54) is 18.7 Å². The Morgan fingerprint density at radius 3 is 2.56 bits per heavy atom. The standard InChI is InChI=1S/C14H22N2/c1-14(2,3)12-9-16(10-12)8-11-5-4-6-13(15)7-11/h4-7,12H,8-10,15H2,1-3H3. The summed E-state index contributed by atoms with van der Waals surface area (Å²) in [6, 6.07) is 8.20. The molecule has 1 fully saturated rings. The minimum atomic E-state index is 0.451. The summed E-state index contributed by atoms with van der Waals surface area (Å²) in [6.45, 7) is 10.5. The second-order valence-electron chi connectivity index (χ2n) is 6.00. The quantitative estimate of drug-likeness (QED) is 0.773. The highest BCUT2D eigenvalue weighted by Crippen LogP contribution is 2.34. The van der Waals surface area contributed by atoms with E-state index in [4.69, 9.17) is 5.73 Å². The first-order valence-electron chi connectivity index (χ1n) is 6.02. The molecule has 1 heterocycles. The maximum atomic E-state index is 5.77. The molecule has 2 nitrogen and oxygen atoms in total. The normalized spacial score (nSPS) is 18.4. The van der Waals surface area contributed by atoms with E-state index in [0.29, 0.717) is 5.41 Å². The molecule has 0 amide bonds. The predicted octanol–water partition coefficient (Wildman–Crippen LogP) is 2.75. The van der Waals surface area contributed by atoms with Gasteiger partial charge in [-0.25, -0.2) is 0 Å². The van der Waals surface area contributed by atoms with Gasteiger partial charge in [-0.3, -0.25) is 4.90 Å². The Morgan fingerprint density at radius 1 is 1.31 bits per heavy atom. The molecule has 1 aliphatic heterocycles. The number of hydrogen-bond donors (Lipinski definition) is 1. The molecule has 2 N–H and O–H groups in total. The van der Waals surface area contributed by atoms with E-state index in [9.17, 15) is 0 Å². The maximum Gasteiger partial charge on any atom is 0.0317 e. The summed E-state index contributed by atoms with van der Waals surface area (Å²) in [7, 11) is 0. The Hall–Kier alpha value is -1.02. The summed E-state index contributed by atoms with van der Waals surface area (Å²) in [5, 5.41) is 0. The fourth-order valence-electron chi connectivity index (χ4n) is 2.20. The van der Waals surface area contributed by atoms with Gasteiger partial charge in [0.15, 0.2) is 0 Å². The summed E-state index contributed by atoms with van der Waals surface area (Å²) < 4.78 is 0. The fraction of sp³-hybridized carbons (Fsp3) is 0.571. The van der Waals surface area contributed by atoms with Gasteiger partial charge in [0, 0.05) is 25.3 Å². The lowest BCUT2D eigenvalue weighted by Crippen LogP contribution is -2.51. The van der Waals surface area contributed by atoms with Crippen molar-refractivity contribution in [2.75, 3.05) is 18.8 Å². The topological polar surface area (TPSA) is 29.3 Å². The van der Waals surface area contributed by atoms with Gasteiger partial charge in [0.2, 0.25) is 0 Å². The highest BCUT2D eigenvalue weighted by atomic mass is 15.2. The monoisotopic (exact) mass is 218 g/mol. The Balaban J connectivity index is 1.86. The van der Waals surface area contributed by atoms with Crippen LogP contribution in [0.25, 0.3) is 0 Å². The molecule has 0 spiro atoms. The lowest BCUT2D eigenvalue weighted by Gasteiger charge is -2.46. The maximum absolute atomic E-state index is 5.77. The van der Waals surface area contributed by atoms with E-state index >= 15 is 0 Å². The van der Waals surface area contributed by atoms with Crippen LogP contribution in [0.15, 0.2) is 24.3 Å². The van der Waals surface area contributed by atoms with E-state index in [0.717, 1.165) is 18.2 Å². The predicted molar refractivity (Wildman–Crippen MR) is 69.1 cm³/mol. The number of nitrogen functional groups attached to an aromatic ring is 1. The van der Waals surface area contributed by atoms with Crippen LogP contribution < -0.4 is 5.73 Å². The zero-order chi connectivity index (χ0) is 11.8. The Morgan fingerprint density at radius 2 is 2.00 bits per heavy atom. The third-order valence-corrected chi connectivity index (χ3v) is 3.54. The van der Waals surface area contributed by atoms with Crippen LogP contribution >= 0.6 is 0 Å². The first-order chi connectivity index (χ1) is 7.45. The molecule has 2 rings (SSSR count). The molecule has 1 aliphatic rings. The number of likely N-dealkylation sites (tertiary alicyclic amines) is 1. The van der Waals surface area contributed by atoms with Crippen molar-refractivity contribution in [3.05, 3.63) is 29.8 Å². The zero-order valence-electron chi connectivity index (χ0n) is 10.5. The van der Waals surface area contributed by atoms with Gasteiger partial charge in [0.25, 0.3) is 0 Å². The lowest BCUT2D eigenvalue weighted by atomic mass is 9.76. The van der Waals surface area contributed by atoms with Crippen molar-refractivity contribution in [3.63, 3.8) is 0 Å². The Bertz CT molecular complexity index is 359. The van der Waals surface area contributed by atoms with Crippen LogP contribution in [0.3, 0.4) is 0 Å². The molecule has 0 bridgehead atoms. The van der Waals surface area contributed by atoms with Crippen LogP contribution in [0.2, 0.25) is 0 Å². The summed E-state index contributed by atoms with van der Waals surface area (Å²) in [6.07, 6.45) is 0. The van der Waals surface area contributed by atoms with Gasteiger partial charge >= 0.3 is 0 Å². The molecule has 0 aliphatic carbocycles. The van der Waals surface area contributed by atoms with Crippen LogP contribution in [0, 0.1) is 11.3 Å². The largest absolute Gasteiger partial charge is 0.399 e. The minimum absolute atomic E-state index is 0.451. The number of nitrogens with two attached hydrogens (primary N) is 1. The lowest BCUT2D eigenvalue weighted by molar-refractivity contribution is 0.0189. The number of nitrogens with zero attached hydrogens (tertiary/aromatic N) is 1. The van der Waals surface area contributed by atoms with E-state index in [1.807, 2.05) is 12.1 Å². The second kappa shape index (κ2) is 4.10.